The summed E-state index contributed by atoms with van der Waals surface area (Å²) < 4.78 is 46.4. The highest BCUT2D eigenvalue weighted by atomic mass is 32.2. The number of rotatable bonds is 10. The van der Waals surface area contributed by atoms with Gasteiger partial charge in [-0.1, -0.05) is 24.3 Å². The van der Waals surface area contributed by atoms with Gasteiger partial charge in [-0.05, 0) is 49.7 Å². The maximum absolute atomic E-state index is 14.2. The fraction of sp³-hybridized carbons (Fsp3) is 0.379. The minimum Gasteiger partial charge on any atom is -0.493 e. The Morgan fingerprint density at radius 1 is 1.07 bits per heavy atom. The SMILES string of the molecule is COc1ccccc1OC(=O)[C@H](Cc1ccc(OC(=O)N(C)C)cc1)N(C(=O)[C@H]1NC(C)(C)CS1)S(=O)(=O)c1ccn(C)n1. The van der Waals surface area contributed by atoms with Crippen LogP contribution in [0.2, 0.25) is 0 Å². The number of para-hydroxylation sites is 2. The number of benzene rings is 2. The van der Waals surface area contributed by atoms with Crippen molar-refractivity contribution in [2.24, 2.45) is 7.05 Å². The number of carbonyl (C=O) groups excluding carboxylic acids is 3. The predicted molar refractivity (Wildman–Crippen MR) is 163 cm³/mol. The van der Waals surface area contributed by atoms with Crippen molar-refractivity contribution in [2.75, 3.05) is 27.0 Å². The van der Waals surface area contributed by atoms with Gasteiger partial charge in [-0.2, -0.15) is 13.5 Å². The van der Waals surface area contributed by atoms with E-state index in [9.17, 15) is 22.8 Å². The molecule has 1 aliphatic rings. The van der Waals surface area contributed by atoms with Crippen LogP contribution in [-0.2, 0) is 33.1 Å². The molecule has 0 spiro atoms. The van der Waals surface area contributed by atoms with Crippen LogP contribution in [0.15, 0.2) is 65.8 Å². The lowest BCUT2D eigenvalue weighted by Gasteiger charge is -2.31. The Kier molecular flexibility index (Phi) is 9.91. The van der Waals surface area contributed by atoms with Crippen LogP contribution < -0.4 is 19.5 Å². The summed E-state index contributed by atoms with van der Waals surface area (Å²) in [7, 11) is 1.36. The smallest absolute Gasteiger partial charge is 0.414 e. The van der Waals surface area contributed by atoms with E-state index in [0.717, 1.165) is 0 Å². The molecule has 2 aromatic carbocycles. The molecule has 1 aromatic heterocycles. The Morgan fingerprint density at radius 2 is 1.73 bits per heavy atom. The van der Waals surface area contributed by atoms with Crippen molar-refractivity contribution in [3.63, 3.8) is 0 Å². The standard InChI is InChI=1S/C29H35N5O8S2/c1-29(2)18-43-25(30-29)26(35)34(44(38,39)24-15-16-33(5)31-24)21(27(36)42-23-10-8-7-9-22(23)40-6)17-19-11-13-20(14-12-19)41-28(37)32(3)4/h7-16,21,25,30H,17-18H2,1-6H3/t21-,25-/m0/s1. The molecule has 44 heavy (non-hydrogen) atoms. The molecule has 4 rings (SSSR count). The molecular weight excluding hydrogens is 610 g/mol. The number of amides is 2. The molecule has 0 saturated carbocycles. The fourth-order valence-electron chi connectivity index (χ4n) is 4.30. The number of esters is 1. The molecule has 1 aliphatic heterocycles. The van der Waals surface area contributed by atoms with Crippen LogP contribution in [0.3, 0.4) is 0 Å². The van der Waals surface area contributed by atoms with E-state index in [1.165, 1.54) is 58.9 Å². The molecule has 0 unspecified atom stereocenters. The number of thioether (sulfide) groups is 1. The molecule has 1 N–H and O–H groups in total. The number of hydrogen-bond acceptors (Lipinski definition) is 11. The van der Waals surface area contributed by atoms with E-state index in [2.05, 4.69) is 10.4 Å². The van der Waals surface area contributed by atoms with Crippen LogP contribution in [0, 0.1) is 0 Å². The van der Waals surface area contributed by atoms with Gasteiger partial charge in [0.1, 0.15) is 11.1 Å². The second-order valence-corrected chi connectivity index (χ2v) is 13.7. The van der Waals surface area contributed by atoms with Crippen molar-refractivity contribution in [3.8, 4) is 17.2 Å². The Balaban J connectivity index is 1.79. The van der Waals surface area contributed by atoms with E-state index < -0.39 is 50.0 Å². The summed E-state index contributed by atoms with van der Waals surface area (Å²) in [5.41, 5.74) is 0.0107. The first-order chi connectivity index (χ1) is 20.7. The summed E-state index contributed by atoms with van der Waals surface area (Å²) in [6.07, 6.45) is 0.588. The molecule has 236 valence electrons. The lowest BCUT2D eigenvalue weighted by Crippen LogP contribution is -2.56. The van der Waals surface area contributed by atoms with Crippen molar-refractivity contribution in [2.45, 2.75) is 42.2 Å². The number of nitrogens with zero attached hydrogens (tertiary/aromatic N) is 4. The summed E-state index contributed by atoms with van der Waals surface area (Å²) in [5, 5.41) is 5.83. The van der Waals surface area contributed by atoms with Gasteiger partial charge in [-0.15, -0.1) is 11.8 Å². The minimum atomic E-state index is -4.67. The normalized spacial score (nSPS) is 16.5. The number of ether oxygens (including phenoxy) is 3. The number of methoxy groups -OCH3 is 1. The molecule has 2 atom stereocenters. The first-order valence-corrected chi connectivity index (χ1v) is 16.0. The summed E-state index contributed by atoms with van der Waals surface area (Å²) in [6, 6.07) is 12.2. The van der Waals surface area contributed by atoms with Crippen LogP contribution in [0.5, 0.6) is 17.2 Å². The van der Waals surface area contributed by atoms with Gasteiger partial charge in [0.2, 0.25) is 0 Å². The second-order valence-electron chi connectivity index (χ2n) is 10.9. The zero-order valence-corrected chi connectivity index (χ0v) is 26.8. The van der Waals surface area contributed by atoms with Crippen LogP contribution in [0.4, 0.5) is 4.79 Å². The van der Waals surface area contributed by atoms with Crippen molar-refractivity contribution in [1.29, 1.82) is 0 Å². The Morgan fingerprint density at radius 3 is 2.27 bits per heavy atom. The molecule has 13 nitrogen and oxygen atoms in total. The number of aryl methyl sites for hydroxylation is 1. The quantitative estimate of drug-likeness (QED) is 0.256. The van der Waals surface area contributed by atoms with Crippen LogP contribution in [0.25, 0.3) is 0 Å². The number of hydrogen-bond donors (Lipinski definition) is 1. The molecule has 2 amide bonds. The lowest BCUT2D eigenvalue weighted by molar-refractivity contribution is -0.144. The minimum absolute atomic E-state index is 0.0491. The molecule has 0 aliphatic carbocycles. The number of aromatic nitrogens is 2. The highest BCUT2D eigenvalue weighted by molar-refractivity contribution is 8.01. The van der Waals surface area contributed by atoms with E-state index in [0.29, 0.717) is 15.6 Å². The molecule has 1 fully saturated rings. The molecule has 3 aromatic rings. The zero-order valence-electron chi connectivity index (χ0n) is 25.2. The summed E-state index contributed by atoms with van der Waals surface area (Å²) in [6.45, 7) is 3.78. The van der Waals surface area contributed by atoms with Gasteiger partial charge in [0, 0.05) is 45.1 Å². The molecular formula is C29H35N5O8S2. The average molecular weight is 646 g/mol. The maximum Gasteiger partial charge on any atom is 0.414 e. The van der Waals surface area contributed by atoms with Gasteiger partial charge in [0.25, 0.3) is 15.9 Å². The number of nitrogens with one attached hydrogen (secondary N) is 1. The third-order valence-corrected chi connectivity index (χ3v) is 9.78. The van der Waals surface area contributed by atoms with Gasteiger partial charge in [0.05, 0.1) is 7.11 Å². The summed E-state index contributed by atoms with van der Waals surface area (Å²) >= 11 is 1.24. The van der Waals surface area contributed by atoms with Gasteiger partial charge in [-0.3, -0.25) is 14.8 Å². The van der Waals surface area contributed by atoms with Gasteiger partial charge in [-0.25, -0.2) is 13.9 Å². The van der Waals surface area contributed by atoms with Gasteiger partial charge in [0.15, 0.2) is 22.6 Å². The first-order valence-electron chi connectivity index (χ1n) is 13.5. The zero-order chi connectivity index (χ0) is 32.2. The first kappa shape index (κ1) is 32.8. The summed E-state index contributed by atoms with van der Waals surface area (Å²) in [5.74, 6) is -0.787. The third-order valence-electron chi connectivity index (χ3n) is 6.54. The van der Waals surface area contributed by atoms with Gasteiger partial charge < -0.3 is 19.1 Å². The number of carbonyl (C=O) groups is 3. The van der Waals surface area contributed by atoms with Crippen molar-refractivity contribution < 1.29 is 37.0 Å². The maximum atomic E-state index is 14.2. The molecule has 1 saturated heterocycles. The second kappa shape index (κ2) is 13.3. The average Bonchev–Trinajstić information content (AvgIpc) is 3.58. The summed E-state index contributed by atoms with van der Waals surface area (Å²) in [4.78, 5) is 41.4. The molecule has 2 heterocycles. The van der Waals surface area contributed by atoms with Crippen molar-refractivity contribution in [3.05, 3.63) is 66.4 Å². The monoisotopic (exact) mass is 645 g/mol. The molecule has 15 heteroatoms. The van der Waals surface area contributed by atoms with Crippen LogP contribution in [-0.4, -0.2) is 89.3 Å². The fourth-order valence-corrected chi connectivity index (χ4v) is 7.20. The van der Waals surface area contributed by atoms with Crippen LogP contribution in [0.1, 0.15) is 19.4 Å². The van der Waals surface area contributed by atoms with E-state index in [1.54, 1.807) is 51.5 Å². The Hall–Kier alpha value is -4.08. The van der Waals surface area contributed by atoms with E-state index in [1.807, 2.05) is 13.8 Å². The highest BCUT2D eigenvalue weighted by Crippen LogP contribution is 2.32. The van der Waals surface area contributed by atoms with Crippen LogP contribution >= 0.6 is 11.8 Å². The molecule has 0 bridgehead atoms. The van der Waals surface area contributed by atoms with E-state index in [4.69, 9.17) is 14.2 Å². The number of sulfonamides is 1. The Labute approximate surface area is 260 Å². The largest absolute Gasteiger partial charge is 0.493 e. The van der Waals surface area contributed by atoms with Crippen molar-refractivity contribution in [1.82, 2.24) is 24.3 Å². The van der Waals surface area contributed by atoms with Crippen molar-refractivity contribution >= 4 is 39.8 Å². The van der Waals surface area contributed by atoms with Gasteiger partial charge >= 0.3 is 12.1 Å². The van der Waals surface area contributed by atoms with E-state index >= 15 is 0 Å². The highest BCUT2D eigenvalue weighted by Gasteiger charge is 2.47. The predicted octanol–water partition coefficient (Wildman–Crippen LogP) is 2.66. The topological polar surface area (TPSA) is 149 Å². The Bertz CT molecular complexity index is 1620. The third kappa shape index (κ3) is 7.52. The molecule has 0 radical (unpaired) electrons. The van der Waals surface area contributed by atoms with E-state index in [-0.39, 0.29) is 23.7 Å². The lowest BCUT2D eigenvalue weighted by atomic mass is 10.1.